The highest BCUT2D eigenvalue weighted by Gasteiger charge is 2.06. The average Bonchev–Trinajstić information content (AvgIpc) is 2.47. The zero-order valence-electron chi connectivity index (χ0n) is 11.0. The standard InChI is InChI=1S/C15H16O/c16-15(14-9-5-2-6-10-14)12-11-13-7-3-1-4-8-13/h1-10,15-16H,11-12H2/i11D,12D. The summed E-state index contributed by atoms with van der Waals surface area (Å²) in [5.41, 5.74) is 1.44. The van der Waals surface area contributed by atoms with Gasteiger partial charge in [0.25, 0.3) is 0 Å². The largest absolute Gasteiger partial charge is 0.388 e. The Balaban J connectivity index is 2.14. The van der Waals surface area contributed by atoms with Crippen molar-refractivity contribution in [3.8, 4) is 0 Å². The van der Waals surface area contributed by atoms with Gasteiger partial charge >= 0.3 is 0 Å². The highest BCUT2D eigenvalue weighted by molar-refractivity contribution is 5.19. The molecule has 1 N–H and O–H groups in total. The van der Waals surface area contributed by atoms with E-state index < -0.39 is 18.9 Å². The molecule has 0 aromatic heterocycles. The maximum Gasteiger partial charge on any atom is 0.0793 e. The Morgan fingerprint density at radius 3 is 2.12 bits per heavy atom. The van der Waals surface area contributed by atoms with Crippen LogP contribution < -0.4 is 0 Å². The molecule has 0 radical (unpaired) electrons. The number of aliphatic hydroxyl groups is 1. The first kappa shape index (κ1) is 8.54. The minimum atomic E-state index is -0.936. The number of hydrogen-bond donors (Lipinski definition) is 1. The third-order valence-electron chi connectivity index (χ3n) is 2.41. The SMILES string of the molecule is [2H]C(c1ccccc1)C([2H])C(O)c1ccccc1. The fourth-order valence-electron chi connectivity index (χ4n) is 1.53. The van der Waals surface area contributed by atoms with Crippen LogP contribution in [0, 0.1) is 0 Å². The van der Waals surface area contributed by atoms with Crippen LogP contribution in [-0.2, 0) is 6.40 Å². The summed E-state index contributed by atoms with van der Waals surface area (Å²) >= 11 is 0. The maximum atomic E-state index is 10.1. The first-order valence-corrected chi connectivity index (χ1v) is 5.32. The summed E-state index contributed by atoms with van der Waals surface area (Å²) in [6.45, 7) is 0. The van der Waals surface area contributed by atoms with Crippen molar-refractivity contribution in [1.29, 1.82) is 0 Å². The van der Waals surface area contributed by atoms with Crippen LogP contribution in [0.2, 0.25) is 0 Å². The van der Waals surface area contributed by atoms with Gasteiger partial charge in [0.05, 0.1) is 6.10 Å². The molecule has 0 fully saturated rings. The van der Waals surface area contributed by atoms with E-state index in [-0.39, 0.29) is 0 Å². The van der Waals surface area contributed by atoms with E-state index in [1.54, 1.807) is 12.1 Å². The highest BCUT2D eigenvalue weighted by Crippen LogP contribution is 2.18. The molecule has 0 aliphatic heterocycles. The predicted octanol–water partition coefficient (Wildman–Crippen LogP) is 3.35. The molecule has 0 aliphatic rings. The van der Waals surface area contributed by atoms with E-state index in [1.807, 2.05) is 48.5 Å². The molecule has 16 heavy (non-hydrogen) atoms. The Bertz CT molecular complexity index is 427. The van der Waals surface area contributed by atoms with Crippen molar-refractivity contribution in [1.82, 2.24) is 0 Å². The lowest BCUT2D eigenvalue weighted by Crippen LogP contribution is -1.99. The Kier molecular flexibility index (Phi) is 2.92. The quantitative estimate of drug-likeness (QED) is 0.827. The first-order chi connectivity index (χ1) is 8.70. The number of aryl methyl sites for hydroxylation is 1. The lowest BCUT2D eigenvalue weighted by atomic mass is 10.0. The van der Waals surface area contributed by atoms with Gasteiger partial charge < -0.3 is 5.11 Å². The molecule has 1 nitrogen and oxygen atoms in total. The maximum absolute atomic E-state index is 10.1. The fraction of sp³-hybridized carbons (Fsp3) is 0.200. The molecular weight excluding hydrogens is 196 g/mol. The van der Waals surface area contributed by atoms with Crippen LogP contribution in [0.4, 0.5) is 0 Å². The van der Waals surface area contributed by atoms with Crippen molar-refractivity contribution in [2.45, 2.75) is 18.9 Å². The van der Waals surface area contributed by atoms with Gasteiger partial charge in [-0.25, -0.2) is 0 Å². The van der Waals surface area contributed by atoms with Gasteiger partial charge in [-0.1, -0.05) is 60.7 Å². The lowest BCUT2D eigenvalue weighted by molar-refractivity contribution is 0.168. The average molecular weight is 214 g/mol. The van der Waals surface area contributed by atoms with E-state index in [0.29, 0.717) is 5.56 Å². The van der Waals surface area contributed by atoms with E-state index in [9.17, 15) is 5.11 Å². The highest BCUT2D eigenvalue weighted by atomic mass is 16.3. The fourth-order valence-corrected chi connectivity index (χ4v) is 1.53. The Morgan fingerprint density at radius 1 is 0.938 bits per heavy atom. The minimum absolute atomic E-state index is 0.686. The van der Waals surface area contributed by atoms with Crippen molar-refractivity contribution in [3.63, 3.8) is 0 Å². The van der Waals surface area contributed by atoms with E-state index in [0.717, 1.165) is 5.56 Å². The van der Waals surface area contributed by atoms with Crippen LogP contribution in [0.5, 0.6) is 0 Å². The third-order valence-corrected chi connectivity index (χ3v) is 2.41. The summed E-state index contributed by atoms with van der Waals surface area (Å²) in [7, 11) is 0. The first-order valence-electron chi connectivity index (χ1n) is 6.48. The van der Waals surface area contributed by atoms with Crippen molar-refractivity contribution in [2.24, 2.45) is 0 Å². The molecule has 3 atom stereocenters. The normalized spacial score (nSPS) is 18.1. The van der Waals surface area contributed by atoms with Gasteiger partial charge in [0.15, 0.2) is 0 Å². The molecule has 0 amide bonds. The number of rotatable bonds is 4. The summed E-state index contributed by atoms with van der Waals surface area (Å²) in [5.74, 6) is 0. The molecule has 2 aromatic rings. The molecule has 2 aromatic carbocycles. The second-order valence-corrected chi connectivity index (χ2v) is 3.63. The van der Waals surface area contributed by atoms with Crippen LogP contribution in [-0.4, -0.2) is 5.11 Å². The molecule has 0 bridgehead atoms. The van der Waals surface area contributed by atoms with Crippen molar-refractivity contribution in [2.75, 3.05) is 0 Å². The van der Waals surface area contributed by atoms with Gasteiger partial charge in [0.2, 0.25) is 0 Å². The van der Waals surface area contributed by atoms with E-state index in [1.165, 1.54) is 0 Å². The number of benzene rings is 2. The summed E-state index contributed by atoms with van der Waals surface area (Å²) in [6, 6.07) is 18.3. The van der Waals surface area contributed by atoms with E-state index in [2.05, 4.69) is 0 Å². The molecule has 0 saturated heterocycles. The molecule has 0 heterocycles. The van der Waals surface area contributed by atoms with Crippen LogP contribution in [0.3, 0.4) is 0 Å². The van der Waals surface area contributed by atoms with Gasteiger partial charge in [-0.15, -0.1) is 0 Å². The predicted molar refractivity (Wildman–Crippen MR) is 66.2 cm³/mol. The minimum Gasteiger partial charge on any atom is -0.388 e. The second-order valence-electron chi connectivity index (χ2n) is 3.63. The zero-order chi connectivity index (χ0) is 13.0. The molecule has 0 spiro atoms. The summed E-state index contributed by atoms with van der Waals surface area (Å²) < 4.78 is 16.1. The molecule has 3 unspecified atom stereocenters. The van der Waals surface area contributed by atoms with Gasteiger partial charge in [-0.2, -0.15) is 0 Å². The summed E-state index contributed by atoms with van der Waals surface area (Å²) in [6.07, 6.45) is -2.58. The van der Waals surface area contributed by atoms with Gasteiger partial charge in [0, 0.05) is 2.74 Å². The second kappa shape index (κ2) is 5.47. The molecular formula is C15H16O. The topological polar surface area (TPSA) is 20.2 Å². The van der Waals surface area contributed by atoms with Gasteiger partial charge in [-0.05, 0) is 23.9 Å². The molecule has 1 heteroatoms. The van der Waals surface area contributed by atoms with Crippen LogP contribution >= 0.6 is 0 Å². The smallest absolute Gasteiger partial charge is 0.0793 e. The van der Waals surface area contributed by atoms with Crippen molar-refractivity contribution in [3.05, 3.63) is 71.8 Å². The Labute approximate surface area is 99.2 Å². The Hall–Kier alpha value is -1.60. The van der Waals surface area contributed by atoms with Crippen molar-refractivity contribution >= 4 is 0 Å². The molecule has 0 aliphatic carbocycles. The number of aliphatic hydroxyl groups excluding tert-OH is 1. The van der Waals surface area contributed by atoms with Gasteiger partial charge in [0.1, 0.15) is 0 Å². The summed E-state index contributed by atoms with van der Waals surface area (Å²) in [4.78, 5) is 0. The zero-order valence-corrected chi connectivity index (χ0v) is 8.95. The van der Waals surface area contributed by atoms with E-state index in [4.69, 9.17) is 2.74 Å². The third kappa shape index (κ3) is 2.94. The molecule has 2 rings (SSSR count). The van der Waals surface area contributed by atoms with Crippen molar-refractivity contribution < 1.29 is 7.85 Å². The van der Waals surface area contributed by atoms with E-state index >= 15 is 0 Å². The van der Waals surface area contributed by atoms with Gasteiger partial charge in [-0.3, -0.25) is 0 Å². The lowest BCUT2D eigenvalue weighted by Gasteiger charge is -2.10. The van der Waals surface area contributed by atoms with Crippen LogP contribution in [0.1, 0.15) is 26.4 Å². The summed E-state index contributed by atoms with van der Waals surface area (Å²) in [5, 5.41) is 10.1. The molecule has 82 valence electrons. The Morgan fingerprint density at radius 2 is 1.50 bits per heavy atom. The monoisotopic (exact) mass is 214 g/mol. The molecule has 0 saturated carbocycles. The van der Waals surface area contributed by atoms with Crippen LogP contribution in [0.25, 0.3) is 0 Å². The van der Waals surface area contributed by atoms with Crippen LogP contribution in [0.15, 0.2) is 60.7 Å². The number of hydrogen-bond acceptors (Lipinski definition) is 1.